The third-order valence-corrected chi connectivity index (χ3v) is 2.88. The van der Waals surface area contributed by atoms with Gasteiger partial charge in [0.2, 0.25) is 5.96 Å². The Bertz CT molecular complexity index is 691. The standard InChI is InChI=1S/C16H19N5O/c1-11-9-13(20-16(19)21-15(17)18)7-8-14(11)22-10-12-5-3-2-4-6-12/h2-9H,10H2,1H3,(H6,17,18,19,20,21). The van der Waals surface area contributed by atoms with Crippen molar-refractivity contribution in [3.05, 3.63) is 59.7 Å². The van der Waals surface area contributed by atoms with Crippen molar-refractivity contribution in [2.45, 2.75) is 13.5 Å². The van der Waals surface area contributed by atoms with Gasteiger partial charge in [-0.05, 0) is 36.2 Å². The molecule has 22 heavy (non-hydrogen) atoms. The normalized spacial score (nSPS) is 11.0. The van der Waals surface area contributed by atoms with Crippen molar-refractivity contribution in [3.8, 4) is 5.75 Å². The molecule has 6 heteroatoms. The van der Waals surface area contributed by atoms with E-state index in [1.807, 2.05) is 49.4 Å². The van der Waals surface area contributed by atoms with Gasteiger partial charge < -0.3 is 21.9 Å². The molecule has 0 spiro atoms. The maximum atomic E-state index is 5.80. The van der Waals surface area contributed by atoms with Crippen LogP contribution in [-0.4, -0.2) is 11.9 Å². The summed E-state index contributed by atoms with van der Waals surface area (Å²) >= 11 is 0. The fourth-order valence-electron chi connectivity index (χ4n) is 1.89. The van der Waals surface area contributed by atoms with Gasteiger partial charge in [-0.3, -0.25) is 0 Å². The van der Waals surface area contributed by atoms with Crippen LogP contribution in [-0.2, 0) is 6.61 Å². The third-order valence-electron chi connectivity index (χ3n) is 2.88. The van der Waals surface area contributed by atoms with Gasteiger partial charge in [-0.2, -0.15) is 4.99 Å². The molecule has 0 aliphatic carbocycles. The van der Waals surface area contributed by atoms with Gasteiger partial charge in [-0.1, -0.05) is 30.3 Å². The second kappa shape index (κ2) is 7.12. The molecule has 0 radical (unpaired) electrons. The highest BCUT2D eigenvalue weighted by Crippen LogP contribution is 2.24. The van der Waals surface area contributed by atoms with E-state index in [-0.39, 0.29) is 11.9 Å². The molecule has 114 valence electrons. The minimum absolute atomic E-state index is 0.0114. The van der Waals surface area contributed by atoms with E-state index in [9.17, 15) is 0 Å². The van der Waals surface area contributed by atoms with Crippen LogP contribution in [0.25, 0.3) is 0 Å². The predicted octanol–water partition coefficient (Wildman–Crippen LogP) is 1.79. The maximum absolute atomic E-state index is 5.80. The quantitative estimate of drug-likeness (QED) is 0.590. The lowest BCUT2D eigenvalue weighted by atomic mass is 10.2. The Labute approximate surface area is 129 Å². The number of hydrogen-bond donors (Lipinski definition) is 3. The number of rotatable bonds is 4. The average Bonchev–Trinajstić information content (AvgIpc) is 2.46. The van der Waals surface area contributed by atoms with Crippen LogP contribution in [0, 0.1) is 6.92 Å². The molecule has 0 unspecified atom stereocenters. The van der Waals surface area contributed by atoms with E-state index in [1.54, 1.807) is 6.07 Å². The molecule has 0 amide bonds. The summed E-state index contributed by atoms with van der Waals surface area (Å²) in [7, 11) is 0. The summed E-state index contributed by atoms with van der Waals surface area (Å²) in [5.74, 6) is 0.682. The number of benzene rings is 2. The van der Waals surface area contributed by atoms with Gasteiger partial charge in [0.1, 0.15) is 12.4 Å². The fourth-order valence-corrected chi connectivity index (χ4v) is 1.89. The zero-order valence-electron chi connectivity index (χ0n) is 12.4. The Balaban J connectivity index is 2.08. The first-order valence-electron chi connectivity index (χ1n) is 6.76. The number of ether oxygens (including phenoxy) is 1. The number of hydrogen-bond acceptors (Lipinski definition) is 2. The predicted molar refractivity (Wildman–Crippen MR) is 89.0 cm³/mol. The van der Waals surface area contributed by atoms with Gasteiger partial charge in [0.25, 0.3) is 0 Å². The van der Waals surface area contributed by atoms with E-state index < -0.39 is 0 Å². The molecule has 6 nitrogen and oxygen atoms in total. The van der Waals surface area contributed by atoms with E-state index in [0.717, 1.165) is 16.9 Å². The number of aryl methyl sites for hydroxylation is 1. The molecular weight excluding hydrogens is 278 g/mol. The van der Waals surface area contributed by atoms with Crippen LogP contribution < -0.4 is 21.9 Å². The van der Waals surface area contributed by atoms with Crippen molar-refractivity contribution < 1.29 is 4.74 Å². The van der Waals surface area contributed by atoms with E-state index in [1.165, 1.54) is 0 Å². The Kier molecular flexibility index (Phi) is 4.98. The minimum Gasteiger partial charge on any atom is -0.489 e. The summed E-state index contributed by atoms with van der Waals surface area (Å²) in [4.78, 5) is 7.78. The lowest BCUT2D eigenvalue weighted by molar-refractivity contribution is 0.304. The highest BCUT2D eigenvalue weighted by molar-refractivity contribution is 5.93. The summed E-state index contributed by atoms with van der Waals surface area (Å²) in [5.41, 5.74) is 18.8. The van der Waals surface area contributed by atoms with Crippen molar-refractivity contribution in [2.24, 2.45) is 27.2 Å². The van der Waals surface area contributed by atoms with Gasteiger partial charge in [0.15, 0.2) is 5.96 Å². The van der Waals surface area contributed by atoms with Crippen LogP contribution in [0.15, 0.2) is 58.5 Å². The van der Waals surface area contributed by atoms with E-state index in [2.05, 4.69) is 9.98 Å². The monoisotopic (exact) mass is 297 g/mol. The van der Waals surface area contributed by atoms with Crippen molar-refractivity contribution in [2.75, 3.05) is 0 Å². The highest BCUT2D eigenvalue weighted by atomic mass is 16.5. The van der Waals surface area contributed by atoms with Crippen LogP contribution in [0.1, 0.15) is 11.1 Å². The molecule has 0 aliphatic heterocycles. The summed E-state index contributed by atoms with van der Waals surface area (Å²) in [6, 6.07) is 15.5. The molecule has 2 aromatic carbocycles. The number of aliphatic imine (C=N–C) groups is 2. The first-order valence-corrected chi connectivity index (χ1v) is 6.76. The molecule has 0 saturated carbocycles. The summed E-state index contributed by atoms with van der Waals surface area (Å²) in [5, 5.41) is 0. The Morgan fingerprint density at radius 3 is 2.41 bits per heavy atom. The third kappa shape index (κ3) is 4.52. The zero-order chi connectivity index (χ0) is 15.9. The van der Waals surface area contributed by atoms with E-state index in [4.69, 9.17) is 21.9 Å². The van der Waals surface area contributed by atoms with Crippen LogP contribution in [0.4, 0.5) is 5.69 Å². The average molecular weight is 297 g/mol. The Morgan fingerprint density at radius 2 is 1.77 bits per heavy atom. The Hall–Kier alpha value is -3.02. The highest BCUT2D eigenvalue weighted by Gasteiger charge is 2.02. The van der Waals surface area contributed by atoms with Gasteiger partial charge >= 0.3 is 0 Å². The zero-order valence-corrected chi connectivity index (χ0v) is 12.4. The maximum Gasteiger partial charge on any atom is 0.223 e. The van der Waals surface area contributed by atoms with Gasteiger partial charge in [0, 0.05) is 0 Å². The molecule has 0 aromatic heterocycles. The second-order valence-electron chi connectivity index (χ2n) is 4.73. The molecule has 0 bridgehead atoms. The van der Waals surface area contributed by atoms with Gasteiger partial charge in [-0.15, -0.1) is 0 Å². The molecule has 0 heterocycles. The first-order chi connectivity index (χ1) is 10.5. The van der Waals surface area contributed by atoms with Crippen LogP contribution in [0.2, 0.25) is 0 Å². The van der Waals surface area contributed by atoms with Gasteiger partial charge in [0.05, 0.1) is 5.69 Å². The summed E-state index contributed by atoms with van der Waals surface area (Å²) in [6.45, 7) is 2.45. The van der Waals surface area contributed by atoms with Crippen molar-refractivity contribution >= 4 is 17.6 Å². The second-order valence-corrected chi connectivity index (χ2v) is 4.73. The largest absolute Gasteiger partial charge is 0.489 e. The fraction of sp³-hybridized carbons (Fsp3) is 0.125. The molecule has 0 saturated heterocycles. The van der Waals surface area contributed by atoms with Crippen molar-refractivity contribution in [1.82, 2.24) is 0 Å². The number of nitrogens with zero attached hydrogens (tertiary/aromatic N) is 2. The Morgan fingerprint density at radius 1 is 1.05 bits per heavy atom. The van der Waals surface area contributed by atoms with Crippen LogP contribution in [0.5, 0.6) is 5.75 Å². The summed E-state index contributed by atoms with van der Waals surface area (Å²) in [6.07, 6.45) is 0. The minimum atomic E-state index is -0.124. The molecular formula is C16H19N5O. The molecule has 2 aromatic rings. The topological polar surface area (TPSA) is 112 Å². The molecule has 0 aliphatic rings. The van der Waals surface area contributed by atoms with Gasteiger partial charge in [-0.25, -0.2) is 4.99 Å². The lowest BCUT2D eigenvalue weighted by Crippen LogP contribution is -2.26. The van der Waals surface area contributed by atoms with Crippen molar-refractivity contribution in [3.63, 3.8) is 0 Å². The van der Waals surface area contributed by atoms with Crippen molar-refractivity contribution in [1.29, 1.82) is 0 Å². The van der Waals surface area contributed by atoms with E-state index in [0.29, 0.717) is 12.3 Å². The SMILES string of the molecule is Cc1cc(N=C(N)N=C(N)N)ccc1OCc1ccccc1. The smallest absolute Gasteiger partial charge is 0.223 e. The number of guanidine groups is 2. The lowest BCUT2D eigenvalue weighted by Gasteiger charge is -2.09. The van der Waals surface area contributed by atoms with E-state index >= 15 is 0 Å². The number of nitrogens with two attached hydrogens (primary N) is 3. The molecule has 0 atom stereocenters. The molecule has 0 fully saturated rings. The van der Waals surface area contributed by atoms with Crippen LogP contribution in [0.3, 0.4) is 0 Å². The molecule has 2 rings (SSSR count). The first kappa shape index (κ1) is 15.4. The van der Waals surface area contributed by atoms with Crippen LogP contribution >= 0.6 is 0 Å². The molecule has 6 N–H and O–H groups in total. The summed E-state index contributed by atoms with van der Waals surface area (Å²) < 4.78 is 5.80.